The SMILES string of the molecule is CCCCOC(=O)c1ccc(Cc2ccccc2COCc2ccccc2Cc2ccc(C(=O)OCCCC)cc2)cc1. The van der Waals surface area contributed by atoms with Crippen LogP contribution >= 0.6 is 0 Å². The highest BCUT2D eigenvalue weighted by Crippen LogP contribution is 2.20. The predicted molar refractivity (Wildman–Crippen MR) is 170 cm³/mol. The Morgan fingerprint density at radius 1 is 0.512 bits per heavy atom. The Hall–Kier alpha value is -4.22. The summed E-state index contributed by atoms with van der Waals surface area (Å²) in [4.78, 5) is 24.5. The van der Waals surface area contributed by atoms with Crippen molar-refractivity contribution in [2.45, 2.75) is 65.6 Å². The number of carbonyl (C=O) groups excluding carboxylic acids is 2. The Morgan fingerprint density at radius 2 is 0.884 bits per heavy atom. The molecule has 0 aliphatic heterocycles. The first-order valence-electron chi connectivity index (χ1n) is 15.3. The number of carbonyl (C=O) groups is 2. The molecule has 0 radical (unpaired) electrons. The third-order valence-electron chi connectivity index (χ3n) is 7.38. The van der Waals surface area contributed by atoms with E-state index in [0.29, 0.717) is 37.6 Å². The first-order valence-corrected chi connectivity index (χ1v) is 15.3. The summed E-state index contributed by atoms with van der Waals surface area (Å²) in [5.74, 6) is -0.540. The van der Waals surface area contributed by atoms with Crippen LogP contribution in [0.2, 0.25) is 0 Å². The monoisotopic (exact) mass is 578 g/mol. The number of ether oxygens (including phenoxy) is 3. The van der Waals surface area contributed by atoms with Crippen LogP contribution in [0.1, 0.15) is 93.6 Å². The summed E-state index contributed by atoms with van der Waals surface area (Å²) in [5, 5.41) is 0. The molecule has 224 valence electrons. The molecule has 4 aromatic carbocycles. The molecule has 0 bridgehead atoms. The van der Waals surface area contributed by atoms with E-state index in [0.717, 1.165) is 60.8 Å². The van der Waals surface area contributed by atoms with Gasteiger partial charge in [0, 0.05) is 0 Å². The van der Waals surface area contributed by atoms with E-state index in [9.17, 15) is 9.59 Å². The maximum atomic E-state index is 12.2. The zero-order valence-corrected chi connectivity index (χ0v) is 25.3. The first-order chi connectivity index (χ1) is 21.1. The fourth-order valence-corrected chi connectivity index (χ4v) is 4.75. The summed E-state index contributed by atoms with van der Waals surface area (Å²) < 4.78 is 16.9. The second kappa shape index (κ2) is 17.0. The van der Waals surface area contributed by atoms with E-state index in [1.807, 2.05) is 72.8 Å². The highest BCUT2D eigenvalue weighted by atomic mass is 16.5. The second-order valence-corrected chi connectivity index (χ2v) is 10.8. The van der Waals surface area contributed by atoms with Gasteiger partial charge in [-0.1, -0.05) is 99.5 Å². The maximum Gasteiger partial charge on any atom is 0.338 e. The van der Waals surface area contributed by atoms with Gasteiger partial charge in [0.2, 0.25) is 0 Å². The molecule has 0 atom stereocenters. The second-order valence-electron chi connectivity index (χ2n) is 10.8. The van der Waals surface area contributed by atoms with E-state index in [-0.39, 0.29) is 11.9 Å². The molecule has 4 aromatic rings. The van der Waals surface area contributed by atoms with Gasteiger partial charge in [0.05, 0.1) is 37.6 Å². The van der Waals surface area contributed by atoms with Crippen LogP contribution in [0, 0.1) is 0 Å². The van der Waals surface area contributed by atoms with E-state index in [1.54, 1.807) is 0 Å². The zero-order chi connectivity index (χ0) is 30.3. The Bertz CT molecular complexity index is 1330. The molecule has 5 nitrogen and oxygen atoms in total. The van der Waals surface area contributed by atoms with Crippen LogP contribution in [0.15, 0.2) is 97.1 Å². The molecule has 0 aliphatic carbocycles. The predicted octanol–water partition coefficient (Wildman–Crippen LogP) is 8.50. The number of hydrogen-bond donors (Lipinski definition) is 0. The lowest BCUT2D eigenvalue weighted by Gasteiger charge is -2.13. The van der Waals surface area contributed by atoms with Crippen molar-refractivity contribution in [3.8, 4) is 0 Å². The maximum absolute atomic E-state index is 12.2. The average Bonchev–Trinajstić information content (AvgIpc) is 3.03. The summed E-state index contributed by atoms with van der Waals surface area (Å²) in [6, 6.07) is 32.0. The van der Waals surface area contributed by atoms with Crippen LogP contribution in [0.4, 0.5) is 0 Å². The van der Waals surface area contributed by atoms with E-state index in [2.05, 4.69) is 38.1 Å². The minimum atomic E-state index is -0.270. The van der Waals surface area contributed by atoms with Gasteiger partial charge in [0.15, 0.2) is 0 Å². The molecule has 0 aromatic heterocycles. The van der Waals surface area contributed by atoms with E-state index in [1.165, 1.54) is 11.1 Å². The molecular formula is C38H42O5. The lowest BCUT2D eigenvalue weighted by Crippen LogP contribution is -2.06. The number of hydrogen-bond acceptors (Lipinski definition) is 5. The summed E-state index contributed by atoms with van der Waals surface area (Å²) in [6.07, 6.45) is 5.25. The normalized spacial score (nSPS) is 10.8. The highest BCUT2D eigenvalue weighted by Gasteiger charge is 2.11. The quantitative estimate of drug-likeness (QED) is 0.0985. The van der Waals surface area contributed by atoms with Crippen molar-refractivity contribution in [3.05, 3.63) is 142 Å². The van der Waals surface area contributed by atoms with Crippen molar-refractivity contribution >= 4 is 11.9 Å². The van der Waals surface area contributed by atoms with E-state index in [4.69, 9.17) is 14.2 Å². The minimum Gasteiger partial charge on any atom is -0.462 e. The summed E-state index contributed by atoms with van der Waals surface area (Å²) in [6.45, 7) is 6.06. The number of esters is 2. The summed E-state index contributed by atoms with van der Waals surface area (Å²) in [7, 11) is 0. The van der Waals surface area contributed by atoms with Crippen LogP contribution in [0.3, 0.4) is 0 Å². The molecular weight excluding hydrogens is 536 g/mol. The van der Waals surface area contributed by atoms with Gasteiger partial charge in [-0.3, -0.25) is 0 Å². The molecule has 0 saturated heterocycles. The molecule has 5 heteroatoms. The molecule has 0 fully saturated rings. The lowest BCUT2D eigenvalue weighted by atomic mass is 9.99. The Morgan fingerprint density at radius 3 is 1.26 bits per heavy atom. The molecule has 4 rings (SSSR count). The fraction of sp³-hybridized carbons (Fsp3) is 0.316. The topological polar surface area (TPSA) is 61.8 Å². The Labute approximate surface area is 255 Å². The van der Waals surface area contributed by atoms with Gasteiger partial charge in [-0.2, -0.15) is 0 Å². The third kappa shape index (κ3) is 9.93. The van der Waals surface area contributed by atoms with Gasteiger partial charge in [-0.25, -0.2) is 9.59 Å². The average molecular weight is 579 g/mol. The van der Waals surface area contributed by atoms with Gasteiger partial charge in [0.1, 0.15) is 0 Å². The number of rotatable bonds is 16. The Kier molecular flexibility index (Phi) is 12.6. The largest absolute Gasteiger partial charge is 0.462 e. The van der Waals surface area contributed by atoms with E-state index < -0.39 is 0 Å². The van der Waals surface area contributed by atoms with Crippen LogP contribution in [-0.4, -0.2) is 25.2 Å². The van der Waals surface area contributed by atoms with Gasteiger partial charge in [-0.15, -0.1) is 0 Å². The fourth-order valence-electron chi connectivity index (χ4n) is 4.75. The molecule has 0 heterocycles. The van der Waals surface area contributed by atoms with Gasteiger partial charge in [-0.05, 0) is 83.3 Å². The van der Waals surface area contributed by atoms with Crippen LogP contribution in [0.5, 0.6) is 0 Å². The molecule has 0 saturated carbocycles. The minimum absolute atomic E-state index is 0.270. The zero-order valence-electron chi connectivity index (χ0n) is 25.3. The standard InChI is InChI=1S/C38H42O5/c1-3-5-23-42-37(39)31-19-15-29(16-20-31)25-33-11-7-9-13-35(33)27-41-28-36-14-10-8-12-34(36)26-30-17-21-32(22-18-30)38(40)43-24-6-4-2/h7-22H,3-6,23-28H2,1-2H3. The molecule has 43 heavy (non-hydrogen) atoms. The van der Waals surface area contributed by atoms with Crippen molar-refractivity contribution in [1.29, 1.82) is 0 Å². The Balaban J connectivity index is 1.32. The van der Waals surface area contributed by atoms with Crippen molar-refractivity contribution < 1.29 is 23.8 Å². The van der Waals surface area contributed by atoms with Crippen LogP contribution in [0.25, 0.3) is 0 Å². The van der Waals surface area contributed by atoms with Gasteiger partial charge >= 0.3 is 11.9 Å². The molecule has 0 N–H and O–H groups in total. The molecule has 0 amide bonds. The number of benzene rings is 4. The van der Waals surface area contributed by atoms with Gasteiger partial charge in [0.25, 0.3) is 0 Å². The highest BCUT2D eigenvalue weighted by molar-refractivity contribution is 5.89. The smallest absolute Gasteiger partial charge is 0.338 e. The molecule has 0 aliphatic rings. The van der Waals surface area contributed by atoms with Crippen molar-refractivity contribution in [2.75, 3.05) is 13.2 Å². The summed E-state index contributed by atoms with van der Waals surface area (Å²) >= 11 is 0. The van der Waals surface area contributed by atoms with Crippen molar-refractivity contribution in [2.24, 2.45) is 0 Å². The van der Waals surface area contributed by atoms with E-state index >= 15 is 0 Å². The van der Waals surface area contributed by atoms with Crippen molar-refractivity contribution in [3.63, 3.8) is 0 Å². The first kappa shape index (κ1) is 31.7. The number of unbranched alkanes of at least 4 members (excludes halogenated alkanes) is 2. The third-order valence-corrected chi connectivity index (χ3v) is 7.38. The van der Waals surface area contributed by atoms with Gasteiger partial charge < -0.3 is 14.2 Å². The van der Waals surface area contributed by atoms with Crippen molar-refractivity contribution in [1.82, 2.24) is 0 Å². The van der Waals surface area contributed by atoms with Crippen LogP contribution < -0.4 is 0 Å². The van der Waals surface area contributed by atoms with Crippen LogP contribution in [-0.2, 0) is 40.3 Å². The summed E-state index contributed by atoms with van der Waals surface area (Å²) in [5.41, 5.74) is 8.09. The molecule has 0 spiro atoms. The molecule has 0 unspecified atom stereocenters. The lowest BCUT2D eigenvalue weighted by molar-refractivity contribution is 0.0490.